The molecule has 2 aliphatic rings. The summed E-state index contributed by atoms with van der Waals surface area (Å²) in [7, 11) is 0. The van der Waals surface area contributed by atoms with Gasteiger partial charge in [0.25, 0.3) is 0 Å². The Kier molecular flexibility index (Phi) is 7.00. The Labute approximate surface area is 134 Å². The third kappa shape index (κ3) is 6.67. The molecule has 0 heterocycles. The molecule has 0 unspecified atom stereocenters. The maximum absolute atomic E-state index is 11.6. The number of carbonyl (C=O) groups is 1. The van der Waals surface area contributed by atoms with Gasteiger partial charge in [0.05, 0.1) is 0 Å². The lowest BCUT2D eigenvalue weighted by Gasteiger charge is -2.28. The molecule has 2 saturated carbocycles. The lowest BCUT2D eigenvalue weighted by Crippen LogP contribution is -2.44. The zero-order chi connectivity index (χ0) is 15.8. The molecule has 0 atom stereocenters. The van der Waals surface area contributed by atoms with Crippen molar-refractivity contribution in [1.82, 2.24) is 16.0 Å². The maximum Gasteiger partial charge on any atom is 0.220 e. The molecule has 0 radical (unpaired) electrons. The molecule has 3 N–H and O–H groups in total. The number of hydrogen-bond acceptors (Lipinski definition) is 2. The van der Waals surface area contributed by atoms with Crippen molar-refractivity contribution in [2.45, 2.75) is 77.3 Å². The van der Waals surface area contributed by atoms with E-state index in [-0.39, 0.29) is 5.91 Å². The minimum atomic E-state index is 0.178. The Morgan fingerprint density at radius 3 is 2.32 bits per heavy atom. The van der Waals surface area contributed by atoms with Gasteiger partial charge in [-0.1, -0.05) is 6.92 Å². The molecule has 5 heteroatoms. The molecular weight excluding hydrogens is 276 g/mol. The van der Waals surface area contributed by atoms with Crippen molar-refractivity contribution in [2.24, 2.45) is 10.9 Å². The molecule has 0 bridgehead atoms. The second-order valence-electron chi connectivity index (χ2n) is 6.81. The predicted molar refractivity (Wildman–Crippen MR) is 90.9 cm³/mol. The molecule has 0 aromatic rings. The summed E-state index contributed by atoms with van der Waals surface area (Å²) in [6, 6.07) is 1.01. The molecule has 0 aromatic heterocycles. The summed E-state index contributed by atoms with van der Waals surface area (Å²) in [5, 5.41) is 9.87. The van der Waals surface area contributed by atoms with Gasteiger partial charge in [-0.05, 0) is 57.8 Å². The molecule has 22 heavy (non-hydrogen) atoms. The lowest BCUT2D eigenvalue weighted by molar-refractivity contribution is -0.121. The standard InChI is InChI=1S/C17H32N4O/c1-3-18-17(21-15-8-6-13(2)7-9-15)19-12-4-5-16(22)20-14-10-11-14/h13-15H,3-12H2,1-2H3,(H,20,22)(H2,18,19,21). The summed E-state index contributed by atoms with van der Waals surface area (Å²) < 4.78 is 0. The van der Waals surface area contributed by atoms with E-state index >= 15 is 0 Å². The number of nitrogens with one attached hydrogen (secondary N) is 3. The Balaban J connectivity index is 1.66. The third-order valence-corrected chi connectivity index (χ3v) is 4.48. The van der Waals surface area contributed by atoms with Gasteiger partial charge in [0.2, 0.25) is 5.91 Å². The van der Waals surface area contributed by atoms with Crippen molar-refractivity contribution in [1.29, 1.82) is 0 Å². The summed E-state index contributed by atoms with van der Waals surface area (Å²) >= 11 is 0. The normalized spacial score (nSPS) is 25.6. The summed E-state index contributed by atoms with van der Waals surface area (Å²) in [5.74, 6) is 1.95. The van der Waals surface area contributed by atoms with Crippen molar-refractivity contribution in [3.8, 4) is 0 Å². The first-order valence-corrected chi connectivity index (χ1v) is 9.01. The summed E-state index contributed by atoms with van der Waals surface area (Å²) in [6.45, 7) is 6.00. The predicted octanol–water partition coefficient (Wildman–Crippen LogP) is 2.18. The topological polar surface area (TPSA) is 65.5 Å². The molecule has 1 amide bonds. The molecule has 0 aromatic carbocycles. The van der Waals surface area contributed by atoms with E-state index in [0.29, 0.717) is 25.0 Å². The number of carbonyl (C=O) groups excluding carboxylic acids is 1. The Hall–Kier alpha value is -1.26. The van der Waals surface area contributed by atoms with Gasteiger partial charge in [-0.25, -0.2) is 0 Å². The third-order valence-electron chi connectivity index (χ3n) is 4.48. The SMILES string of the molecule is CCNC(=NCCCC(=O)NC1CC1)NC1CCC(C)CC1. The summed E-state index contributed by atoms with van der Waals surface area (Å²) in [4.78, 5) is 16.2. The fourth-order valence-electron chi connectivity index (χ4n) is 2.88. The molecule has 0 aliphatic heterocycles. The fourth-order valence-corrected chi connectivity index (χ4v) is 2.88. The maximum atomic E-state index is 11.6. The minimum Gasteiger partial charge on any atom is -0.357 e. The lowest BCUT2D eigenvalue weighted by atomic mass is 9.87. The van der Waals surface area contributed by atoms with E-state index < -0.39 is 0 Å². The average molecular weight is 308 g/mol. The molecule has 2 aliphatic carbocycles. The van der Waals surface area contributed by atoms with Crippen LogP contribution in [0.3, 0.4) is 0 Å². The van der Waals surface area contributed by atoms with Crippen molar-refractivity contribution in [2.75, 3.05) is 13.1 Å². The van der Waals surface area contributed by atoms with Gasteiger partial charge in [-0.2, -0.15) is 0 Å². The number of nitrogens with zero attached hydrogens (tertiary/aromatic N) is 1. The largest absolute Gasteiger partial charge is 0.357 e. The average Bonchev–Trinajstić information content (AvgIpc) is 3.30. The first kappa shape index (κ1) is 17.1. The number of aliphatic imine (C=N–C) groups is 1. The highest BCUT2D eigenvalue weighted by Gasteiger charge is 2.22. The molecule has 126 valence electrons. The van der Waals surface area contributed by atoms with Crippen LogP contribution < -0.4 is 16.0 Å². The van der Waals surface area contributed by atoms with Crippen LogP contribution in [0.4, 0.5) is 0 Å². The van der Waals surface area contributed by atoms with Gasteiger partial charge in [0.15, 0.2) is 5.96 Å². The molecular formula is C17H32N4O. The highest BCUT2D eigenvalue weighted by Crippen LogP contribution is 2.23. The van der Waals surface area contributed by atoms with Gasteiger partial charge in [0, 0.05) is 31.6 Å². The van der Waals surface area contributed by atoms with Crippen LogP contribution in [0.25, 0.3) is 0 Å². The second-order valence-corrected chi connectivity index (χ2v) is 6.81. The quantitative estimate of drug-likeness (QED) is 0.384. The van der Waals surface area contributed by atoms with E-state index in [4.69, 9.17) is 0 Å². The van der Waals surface area contributed by atoms with Gasteiger partial charge in [0.1, 0.15) is 0 Å². The van der Waals surface area contributed by atoms with Gasteiger partial charge >= 0.3 is 0 Å². The van der Waals surface area contributed by atoms with E-state index in [9.17, 15) is 4.79 Å². The smallest absolute Gasteiger partial charge is 0.220 e. The van der Waals surface area contributed by atoms with Crippen LogP contribution in [0, 0.1) is 5.92 Å². The Bertz CT molecular complexity index is 371. The van der Waals surface area contributed by atoms with Gasteiger partial charge < -0.3 is 16.0 Å². The van der Waals surface area contributed by atoms with Crippen LogP contribution >= 0.6 is 0 Å². The van der Waals surface area contributed by atoms with E-state index in [0.717, 1.165) is 37.7 Å². The second kappa shape index (κ2) is 9.01. The number of rotatable bonds is 7. The Morgan fingerprint density at radius 1 is 1.05 bits per heavy atom. The fraction of sp³-hybridized carbons (Fsp3) is 0.882. The molecule has 2 fully saturated rings. The molecule has 0 saturated heterocycles. The monoisotopic (exact) mass is 308 g/mol. The van der Waals surface area contributed by atoms with Crippen molar-refractivity contribution in [3.05, 3.63) is 0 Å². The highest BCUT2D eigenvalue weighted by atomic mass is 16.1. The van der Waals surface area contributed by atoms with Crippen LogP contribution in [-0.2, 0) is 4.79 Å². The zero-order valence-corrected chi connectivity index (χ0v) is 14.2. The van der Waals surface area contributed by atoms with Crippen LogP contribution in [0.15, 0.2) is 4.99 Å². The Morgan fingerprint density at radius 2 is 1.68 bits per heavy atom. The molecule has 0 spiro atoms. The summed E-state index contributed by atoms with van der Waals surface area (Å²) in [5.41, 5.74) is 0. The number of amides is 1. The molecule has 2 rings (SSSR count). The first-order chi connectivity index (χ1) is 10.7. The van der Waals surface area contributed by atoms with E-state index in [2.05, 4.69) is 34.8 Å². The summed E-state index contributed by atoms with van der Waals surface area (Å²) in [6.07, 6.45) is 8.77. The molecule has 5 nitrogen and oxygen atoms in total. The number of hydrogen-bond donors (Lipinski definition) is 3. The van der Waals surface area contributed by atoms with Gasteiger partial charge in [-0.3, -0.25) is 9.79 Å². The van der Waals surface area contributed by atoms with Crippen molar-refractivity contribution >= 4 is 11.9 Å². The van der Waals surface area contributed by atoms with Crippen LogP contribution in [0.2, 0.25) is 0 Å². The van der Waals surface area contributed by atoms with Crippen LogP contribution in [0.5, 0.6) is 0 Å². The van der Waals surface area contributed by atoms with E-state index in [1.165, 1.54) is 25.7 Å². The number of guanidine groups is 1. The minimum absolute atomic E-state index is 0.178. The first-order valence-electron chi connectivity index (χ1n) is 9.01. The highest BCUT2D eigenvalue weighted by molar-refractivity contribution is 5.80. The van der Waals surface area contributed by atoms with Crippen molar-refractivity contribution < 1.29 is 4.79 Å². The van der Waals surface area contributed by atoms with Crippen LogP contribution in [-0.4, -0.2) is 37.0 Å². The van der Waals surface area contributed by atoms with Crippen molar-refractivity contribution in [3.63, 3.8) is 0 Å². The van der Waals surface area contributed by atoms with Crippen LogP contribution in [0.1, 0.15) is 65.2 Å². The zero-order valence-electron chi connectivity index (χ0n) is 14.2. The van der Waals surface area contributed by atoms with Gasteiger partial charge in [-0.15, -0.1) is 0 Å². The van der Waals surface area contributed by atoms with E-state index in [1.807, 2.05) is 0 Å². The van der Waals surface area contributed by atoms with E-state index in [1.54, 1.807) is 0 Å².